The summed E-state index contributed by atoms with van der Waals surface area (Å²) in [5, 5.41) is 2.42. The molecule has 2 aromatic carbocycles. The van der Waals surface area contributed by atoms with Crippen molar-refractivity contribution in [2.24, 2.45) is 5.73 Å². The van der Waals surface area contributed by atoms with Crippen molar-refractivity contribution in [1.82, 2.24) is 0 Å². The second kappa shape index (κ2) is 9.55. The standard InChI is InChI=1S/C12H10O.C2H6.CH5N/c13-8-7-10-5-6-11-3-1-2-4-12(11)9-10;2*1-2/h1-6,8-9H,7H2;1-2H3;2H2,1H3. The molecule has 2 N–H and O–H groups in total. The first-order chi connectivity index (χ1) is 8.40. The third kappa shape index (κ3) is 4.79. The van der Waals surface area contributed by atoms with Gasteiger partial charge in [-0.05, 0) is 23.4 Å². The predicted molar refractivity (Wildman–Crippen MR) is 75.2 cm³/mol. The highest BCUT2D eigenvalue weighted by Crippen LogP contribution is 2.15. The molecule has 0 unspecified atom stereocenters. The van der Waals surface area contributed by atoms with Crippen molar-refractivity contribution in [3.8, 4) is 0 Å². The van der Waals surface area contributed by atoms with Gasteiger partial charge in [0.15, 0.2) is 0 Å². The van der Waals surface area contributed by atoms with E-state index in [2.05, 4.69) is 23.9 Å². The second-order valence-corrected chi connectivity index (χ2v) is 3.05. The van der Waals surface area contributed by atoms with Crippen molar-refractivity contribution < 1.29 is 4.79 Å². The van der Waals surface area contributed by atoms with Gasteiger partial charge >= 0.3 is 0 Å². The summed E-state index contributed by atoms with van der Waals surface area (Å²) in [5.74, 6) is 0. The van der Waals surface area contributed by atoms with E-state index in [-0.39, 0.29) is 0 Å². The normalized spacial score (nSPS) is 8.47. The first-order valence-electron chi connectivity index (χ1n) is 5.89. The molecule has 0 radical (unpaired) electrons. The maximum absolute atomic E-state index is 10.3. The van der Waals surface area contributed by atoms with Crippen LogP contribution in [-0.2, 0) is 11.2 Å². The number of fused-ring (bicyclic) bond motifs is 1. The molecule has 0 amide bonds. The SMILES string of the molecule is CC.CN.O=CCc1ccc2ccccc2c1. The van der Waals surface area contributed by atoms with Crippen LogP contribution in [0.1, 0.15) is 19.4 Å². The summed E-state index contributed by atoms with van der Waals surface area (Å²) in [5.41, 5.74) is 5.58. The topological polar surface area (TPSA) is 43.1 Å². The van der Waals surface area contributed by atoms with Gasteiger partial charge in [-0.25, -0.2) is 0 Å². The zero-order valence-electron chi connectivity index (χ0n) is 10.8. The van der Waals surface area contributed by atoms with Gasteiger partial charge in [-0.1, -0.05) is 56.3 Å². The van der Waals surface area contributed by atoms with Gasteiger partial charge in [-0.3, -0.25) is 0 Å². The van der Waals surface area contributed by atoms with Crippen LogP contribution < -0.4 is 5.73 Å². The molecular weight excluding hydrogens is 210 g/mol. The molecule has 0 aliphatic rings. The third-order valence-corrected chi connectivity index (χ3v) is 2.13. The van der Waals surface area contributed by atoms with Crippen molar-refractivity contribution in [2.45, 2.75) is 20.3 Å². The van der Waals surface area contributed by atoms with Gasteiger partial charge < -0.3 is 10.5 Å². The smallest absolute Gasteiger partial charge is 0.124 e. The summed E-state index contributed by atoms with van der Waals surface area (Å²) in [6.07, 6.45) is 1.44. The number of hydrogen-bond donors (Lipinski definition) is 1. The minimum Gasteiger partial charge on any atom is -0.333 e. The number of aldehydes is 1. The van der Waals surface area contributed by atoms with Crippen molar-refractivity contribution in [2.75, 3.05) is 7.05 Å². The largest absolute Gasteiger partial charge is 0.333 e. The van der Waals surface area contributed by atoms with Gasteiger partial charge in [-0.15, -0.1) is 0 Å². The Morgan fingerprint density at radius 3 is 2.18 bits per heavy atom. The number of nitrogens with two attached hydrogens (primary N) is 1. The van der Waals surface area contributed by atoms with E-state index in [0.717, 1.165) is 11.8 Å². The van der Waals surface area contributed by atoms with Crippen LogP contribution in [-0.4, -0.2) is 13.3 Å². The average molecular weight is 231 g/mol. The first kappa shape index (κ1) is 15.3. The van der Waals surface area contributed by atoms with Crippen LogP contribution in [0, 0.1) is 0 Å². The summed E-state index contributed by atoms with van der Waals surface area (Å²) in [6, 6.07) is 14.3. The molecular formula is C15H21NO. The minimum absolute atomic E-state index is 0.505. The molecule has 0 heterocycles. The lowest BCUT2D eigenvalue weighted by molar-refractivity contribution is -0.107. The van der Waals surface area contributed by atoms with Crippen LogP contribution in [0.15, 0.2) is 42.5 Å². The highest BCUT2D eigenvalue weighted by atomic mass is 16.1. The highest BCUT2D eigenvalue weighted by molar-refractivity contribution is 5.83. The Morgan fingerprint density at radius 1 is 1.00 bits per heavy atom. The van der Waals surface area contributed by atoms with E-state index in [1.165, 1.54) is 17.8 Å². The van der Waals surface area contributed by atoms with Crippen LogP contribution in [0.5, 0.6) is 0 Å². The Labute approximate surface area is 103 Å². The van der Waals surface area contributed by atoms with Gasteiger partial charge in [0.25, 0.3) is 0 Å². The van der Waals surface area contributed by atoms with E-state index < -0.39 is 0 Å². The Kier molecular flexibility index (Phi) is 8.61. The number of rotatable bonds is 2. The molecule has 0 aromatic heterocycles. The van der Waals surface area contributed by atoms with Gasteiger partial charge in [0.1, 0.15) is 6.29 Å². The molecule has 92 valence electrons. The molecule has 2 heteroatoms. The fraction of sp³-hybridized carbons (Fsp3) is 0.267. The summed E-state index contributed by atoms with van der Waals surface area (Å²) < 4.78 is 0. The van der Waals surface area contributed by atoms with E-state index in [1.807, 2.05) is 38.1 Å². The van der Waals surface area contributed by atoms with E-state index in [9.17, 15) is 4.79 Å². The monoisotopic (exact) mass is 231 g/mol. The summed E-state index contributed by atoms with van der Waals surface area (Å²) in [6.45, 7) is 4.00. The summed E-state index contributed by atoms with van der Waals surface area (Å²) in [4.78, 5) is 10.3. The maximum Gasteiger partial charge on any atom is 0.124 e. The Hall–Kier alpha value is -1.67. The van der Waals surface area contributed by atoms with Crippen LogP contribution in [0.25, 0.3) is 10.8 Å². The van der Waals surface area contributed by atoms with Crippen molar-refractivity contribution in [3.63, 3.8) is 0 Å². The van der Waals surface area contributed by atoms with E-state index >= 15 is 0 Å². The van der Waals surface area contributed by atoms with Gasteiger partial charge in [0, 0.05) is 6.42 Å². The molecule has 2 aromatic rings. The molecule has 17 heavy (non-hydrogen) atoms. The maximum atomic E-state index is 10.3. The van der Waals surface area contributed by atoms with Gasteiger partial charge in [0.05, 0.1) is 0 Å². The zero-order chi connectivity index (χ0) is 13.1. The minimum atomic E-state index is 0.505. The highest BCUT2D eigenvalue weighted by Gasteiger charge is 1.94. The van der Waals surface area contributed by atoms with E-state index in [0.29, 0.717) is 6.42 Å². The van der Waals surface area contributed by atoms with Crippen LogP contribution in [0.3, 0.4) is 0 Å². The fourth-order valence-electron chi connectivity index (χ4n) is 1.46. The summed E-state index contributed by atoms with van der Waals surface area (Å²) in [7, 11) is 1.50. The molecule has 0 atom stereocenters. The number of carbonyl (C=O) groups excluding carboxylic acids is 1. The average Bonchev–Trinajstić information content (AvgIpc) is 2.43. The van der Waals surface area contributed by atoms with Gasteiger partial charge in [0.2, 0.25) is 0 Å². The first-order valence-corrected chi connectivity index (χ1v) is 5.89. The lowest BCUT2D eigenvalue weighted by Gasteiger charge is -1.99. The molecule has 2 rings (SSSR count). The van der Waals surface area contributed by atoms with Crippen LogP contribution in [0.2, 0.25) is 0 Å². The second-order valence-electron chi connectivity index (χ2n) is 3.05. The van der Waals surface area contributed by atoms with E-state index in [4.69, 9.17) is 0 Å². The predicted octanol–water partition coefficient (Wildman–Crippen LogP) is 3.18. The van der Waals surface area contributed by atoms with Crippen molar-refractivity contribution >= 4 is 17.1 Å². The number of benzene rings is 2. The molecule has 0 bridgehead atoms. The molecule has 0 aliphatic heterocycles. The fourth-order valence-corrected chi connectivity index (χ4v) is 1.46. The van der Waals surface area contributed by atoms with Gasteiger partial charge in [-0.2, -0.15) is 0 Å². The third-order valence-electron chi connectivity index (χ3n) is 2.13. The Balaban J connectivity index is 0.000000581. The number of hydrogen-bond acceptors (Lipinski definition) is 2. The Bertz CT molecular complexity index is 438. The molecule has 0 saturated carbocycles. The molecule has 0 spiro atoms. The Morgan fingerprint density at radius 2 is 1.59 bits per heavy atom. The van der Waals surface area contributed by atoms with E-state index in [1.54, 1.807) is 0 Å². The molecule has 2 nitrogen and oxygen atoms in total. The van der Waals surface area contributed by atoms with Crippen LogP contribution >= 0.6 is 0 Å². The van der Waals surface area contributed by atoms with Crippen molar-refractivity contribution in [3.05, 3.63) is 48.0 Å². The van der Waals surface area contributed by atoms with Crippen LogP contribution in [0.4, 0.5) is 0 Å². The molecule has 0 aliphatic carbocycles. The zero-order valence-corrected chi connectivity index (χ0v) is 10.8. The quantitative estimate of drug-likeness (QED) is 0.807. The lowest BCUT2D eigenvalue weighted by Crippen LogP contribution is -1.84. The summed E-state index contributed by atoms with van der Waals surface area (Å²) >= 11 is 0. The lowest BCUT2D eigenvalue weighted by atomic mass is 10.1. The van der Waals surface area contributed by atoms with Crippen molar-refractivity contribution in [1.29, 1.82) is 0 Å². The molecule has 0 fully saturated rings. The molecule has 0 saturated heterocycles. The number of carbonyl (C=O) groups is 1.